The molecule has 0 aliphatic carbocycles. The molecule has 0 radical (unpaired) electrons. The maximum absolute atomic E-state index is 13.5. The van der Waals surface area contributed by atoms with Crippen LogP contribution in [0, 0.1) is 0 Å². The average Bonchev–Trinajstić information content (AvgIpc) is 2.82. The van der Waals surface area contributed by atoms with Crippen LogP contribution in [-0.2, 0) is 25.8 Å². The summed E-state index contributed by atoms with van der Waals surface area (Å²) in [6.07, 6.45) is -4.61. The lowest BCUT2D eigenvalue weighted by atomic mass is 10.2. The molecule has 3 aromatic rings. The van der Waals surface area contributed by atoms with Crippen molar-refractivity contribution in [1.29, 1.82) is 0 Å². The second kappa shape index (κ2) is 10.7. The number of anilines is 3. The van der Waals surface area contributed by atoms with Gasteiger partial charge in [-0.15, -0.1) is 0 Å². The van der Waals surface area contributed by atoms with Crippen LogP contribution in [0.4, 0.5) is 30.2 Å². The van der Waals surface area contributed by atoms with E-state index in [0.717, 1.165) is 22.5 Å². The zero-order valence-corrected chi connectivity index (χ0v) is 20.0. The fourth-order valence-corrected chi connectivity index (χ4v) is 4.63. The van der Waals surface area contributed by atoms with Gasteiger partial charge in [0.25, 0.3) is 10.0 Å². The number of hydrogen-bond acceptors (Lipinski definition) is 5. The Morgan fingerprint density at radius 3 is 2.11 bits per heavy atom. The van der Waals surface area contributed by atoms with E-state index in [1.165, 1.54) is 68.6 Å². The minimum atomic E-state index is -4.61. The van der Waals surface area contributed by atoms with Crippen LogP contribution in [0.5, 0.6) is 5.75 Å². The minimum Gasteiger partial charge on any atom is -0.497 e. The summed E-state index contributed by atoms with van der Waals surface area (Å²) in [6.45, 7) is 0.581. The van der Waals surface area contributed by atoms with E-state index >= 15 is 0 Å². The maximum atomic E-state index is 13.5. The molecule has 0 heterocycles. The van der Waals surface area contributed by atoms with Gasteiger partial charge < -0.3 is 15.4 Å². The van der Waals surface area contributed by atoms with Gasteiger partial charge in [0.1, 0.15) is 12.3 Å². The molecule has 0 atom stereocenters. The second-order valence-corrected chi connectivity index (χ2v) is 9.40. The van der Waals surface area contributed by atoms with Gasteiger partial charge in [-0.3, -0.25) is 13.9 Å². The number of hydrogen-bond donors (Lipinski definition) is 2. The van der Waals surface area contributed by atoms with Gasteiger partial charge in [0.15, 0.2) is 0 Å². The third-order valence-corrected chi connectivity index (χ3v) is 6.67. The average molecular weight is 522 g/mol. The Morgan fingerprint density at radius 2 is 1.56 bits per heavy atom. The Hall–Kier alpha value is -4.06. The highest BCUT2D eigenvalue weighted by Crippen LogP contribution is 2.31. The van der Waals surface area contributed by atoms with E-state index < -0.39 is 34.2 Å². The molecule has 0 bridgehead atoms. The molecule has 0 aromatic heterocycles. The van der Waals surface area contributed by atoms with Crippen molar-refractivity contribution >= 4 is 38.9 Å². The molecule has 0 fully saturated rings. The third-order valence-electron chi connectivity index (χ3n) is 4.88. The third kappa shape index (κ3) is 6.54. The van der Waals surface area contributed by atoms with Crippen LogP contribution >= 0.6 is 0 Å². The van der Waals surface area contributed by atoms with E-state index in [9.17, 15) is 31.2 Å². The monoisotopic (exact) mass is 521 g/mol. The van der Waals surface area contributed by atoms with Crippen molar-refractivity contribution in [3.63, 3.8) is 0 Å². The Labute approximate surface area is 205 Å². The lowest BCUT2D eigenvalue weighted by Crippen LogP contribution is -2.38. The first-order chi connectivity index (χ1) is 16.9. The molecule has 3 rings (SSSR count). The van der Waals surface area contributed by atoms with Gasteiger partial charge in [-0.25, -0.2) is 8.42 Å². The number of halogens is 3. The maximum Gasteiger partial charge on any atom is 0.416 e. The molecule has 0 unspecified atom stereocenters. The van der Waals surface area contributed by atoms with Gasteiger partial charge in [-0.05, 0) is 66.7 Å². The molecule has 2 N–H and O–H groups in total. The Balaban J connectivity index is 1.92. The highest BCUT2D eigenvalue weighted by molar-refractivity contribution is 7.92. The summed E-state index contributed by atoms with van der Waals surface area (Å²) in [5.74, 6) is -0.746. The normalized spacial score (nSPS) is 11.5. The number of carbonyl (C=O) groups excluding carboxylic acids is 2. The number of nitrogens with zero attached hydrogens (tertiary/aromatic N) is 1. The van der Waals surface area contributed by atoms with Gasteiger partial charge in [-0.1, -0.05) is 6.07 Å². The number of amides is 2. The van der Waals surface area contributed by atoms with Crippen LogP contribution < -0.4 is 19.7 Å². The molecular formula is C24H22F3N3O5S. The van der Waals surface area contributed by atoms with E-state index in [2.05, 4.69) is 10.6 Å². The molecule has 3 aromatic carbocycles. The van der Waals surface area contributed by atoms with E-state index in [1.54, 1.807) is 0 Å². The van der Waals surface area contributed by atoms with Crippen molar-refractivity contribution in [2.24, 2.45) is 0 Å². The zero-order valence-electron chi connectivity index (χ0n) is 19.2. The largest absolute Gasteiger partial charge is 0.497 e. The molecule has 0 saturated heterocycles. The number of alkyl halides is 3. The van der Waals surface area contributed by atoms with Crippen molar-refractivity contribution in [2.45, 2.75) is 18.0 Å². The van der Waals surface area contributed by atoms with Crippen LogP contribution in [0.3, 0.4) is 0 Å². The number of sulfonamides is 1. The van der Waals surface area contributed by atoms with E-state index in [-0.39, 0.29) is 22.2 Å². The molecule has 36 heavy (non-hydrogen) atoms. The van der Waals surface area contributed by atoms with Gasteiger partial charge in [0.05, 0.1) is 23.3 Å². The molecule has 0 spiro atoms. The number of ether oxygens (including phenoxy) is 1. The highest BCUT2D eigenvalue weighted by atomic mass is 32.2. The number of methoxy groups -OCH3 is 1. The molecule has 2 amide bonds. The van der Waals surface area contributed by atoms with Crippen LogP contribution in [-0.4, -0.2) is 33.9 Å². The first-order valence-electron chi connectivity index (χ1n) is 10.4. The Morgan fingerprint density at radius 1 is 0.917 bits per heavy atom. The van der Waals surface area contributed by atoms with E-state index in [1.807, 2.05) is 0 Å². The van der Waals surface area contributed by atoms with Crippen molar-refractivity contribution in [3.8, 4) is 5.75 Å². The number of rotatable bonds is 8. The first kappa shape index (κ1) is 26.5. The predicted molar refractivity (Wildman–Crippen MR) is 128 cm³/mol. The molecule has 12 heteroatoms. The number of nitrogens with one attached hydrogen (secondary N) is 2. The van der Waals surface area contributed by atoms with Gasteiger partial charge >= 0.3 is 6.18 Å². The number of benzene rings is 3. The first-order valence-corrected chi connectivity index (χ1v) is 11.9. The van der Waals surface area contributed by atoms with Crippen molar-refractivity contribution in [3.05, 3.63) is 78.4 Å². The zero-order chi connectivity index (χ0) is 26.5. The van der Waals surface area contributed by atoms with E-state index in [0.29, 0.717) is 11.4 Å². The standard InChI is InChI=1S/C24H22F3N3O5S/c1-16(31)28-18-6-12-22(13-7-18)36(33,34)30(20-8-10-21(35-2)11-9-20)15-23(32)29-19-5-3-4-17(14-19)24(25,26)27/h3-14H,15H2,1-2H3,(H,28,31)(H,29,32). The van der Waals surface area contributed by atoms with E-state index in [4.69, 9.17) is 4.74 Å². The molecule has 0 aliphatic rings. The summed E-state index contributed by atoms with van der Waals surface area (Å²) in [6, 6.07) is 15.2. The summed E-state index contributed by atoms with van der Waals surface area (Å²) in [7, 11) is -2.87. The summed E-state index contributed by atoms with van der Waals surface area (Å²) in [5.41, 5.74) is -0.596. The SMILES string of the molecule is COc1ccc(N(CC(=O)Nc2cccc(C(F)(F)F)c2)S(=O)(=O)c2ccc(NC(C)=O)cc2)cc1. The lowest BCUT2D eigenvalue weighted by Gasteiger charge is -2.24. The summed E-state index contributed by atoms with van der Waals surface area (Å²) < 4.78 is 71.9. The summed E-state index contributed by atoms with van der Waals surface area (Å²) in [4.78, 5) is 23.8. The van der Waals surface area contributed by atoms with Gasteiger partial charge in [0, 0.05) is 18.3 Å². The molecular weight excluding hydrogens is 499 g/mol. The number of carbonyl (C=O) groups is 2. The molecule has 0 aliphatic heterocycles. The van der Waals surface area contributed by atoms with Crippen molar-refractivity contribution < 1.29 is 35.9 Å². The van der Waals surface area contributed by atoms with Gasteiger partial charge in [-0.2, -0.15) is 13.2 Å². The van der Waals surface area contributed by atoms with Crippen LogP contribution in [0.1, 0.15) is 12.5 Å². The molecule has 0 saturated carbocycles. The fourth-order valence-electron chi connectivity index (χ4n) is 3.21. The minimum absolute atomic E-state index is 0.126. The predicted octanol–water partition coefficient (Wildman–Crippen LogP) is 4.51. The fraction of sp³-hybridized carbons (Fsp3) is 0.167. The second-order valence-electron chi connectivity index (χ2n) is 7.54. The molecule has 190 valence electrons. The molecule has 8 nitrogen and oxygen atoms in total. The summed E-state index contributed by atoms with van der Waals surface area (Å²) in [5, 5.41) is 4.84. The lowest BCUT2D eigenvalue weighted by molar-refractivity contribution is -0.137. The smallest absolute Gasteiger partial charge is 0.416 e. The van der Waals surface area contributed by atoms with Crippen LogP contribution in [0.25, 0.3) is 0 Å². The Kier molecular flexibility index (Phi) is 7.88. The van der Waals surface area contributed by atoms with Crippen LogP contribution in [0.15, 0.2) is 77.7 Å². The summed E-state index contributed by atoms with van der Waals surface area (Å²) >= 11 is 0. The van der Waals surface area contributed by atoms with Crippen molar-refractivity contribution in [2.75, 3.05) is 28.6 Å². The Bertz CT molecular complexity index is 1340. The van der Waals surface area contributed by atoms with Gasteiger partial charge in [0.2, 0.25) is 11.8 Å². The topological polar surface area (TPSA) is 105 Å². The highest BCUT2D eigenvalue weighted by Gasteiger charge is 2.31. The van der Waals surface area contributed by atoms with Crippen LogP contribution in [0.2, 0.25) is 0 Å². The quantitative estimate of drug-likeness (QED) is 0.454. The van der Waals surface area contributed by atoms with Crippen molar-refractivity contribution in [1.82, 2.24) is 0 Å².